The summed E-state index contributed by atoms with van der Waals surface area (Å²) in [4.78, 5) is 24.0. The van der Waals surface area contributed by atoms with Crippen molar-refractivity contribution in [1.82, 2.24) is 0 Å². The Labute approximate surface area is 134 Å². The summed E-state index contributed by atoms with van der Waals surface area (Å²) >= 11 is 0. The Morgan fingerprint density at radius 2 is 1.92 bits per heavy atom. The molecule has 8 nitrogen and oxygen atoms in total. The molecule has 0 saturated heterocycles. The number of carbonyl (C=O) groups is 1. The van der Waals surface area contributed by atoms with Gasteiger partial charge in [0.15, 0.2) is 17.3 Å². The molecule has 0 saturated carbocycles. The lowest BCUT2D eigenvalue weighted by atomic mass is 9.86. The van der Waals surface area contributed by atoms with Crippen LogP contribution in [-0.4, -0.2) is 33.3 Å². The molecule has 0 amide bonds. The normalized spacial score (nSPS) is 20.9. The van der Waals surface area contributed by atoms with E-state index in [9.17, 15) is 30.0 Å². The summed E-state index contributed by atoms with van der Waals surface area (Å²) in [7, 11) is 1.25. The molecule has 0 bridgehead atoms. The number of benzene rings is 1. The van der Waals surface area contributed by atoms with Crippen LogP contribution in [-0.2, 0) is 15.1 Å². The van der Waals surface area contributed by atoms with Crippen molar-refractivity contribution in [3.8, 4) is 17.2 Å². The molecule has 1 atom stereocenters. The molecule has 1 aromatic heterocycles. The summed E-state index contributed by atoms with van der Waals surface area (Å²) in [5, 5.41) is 39.8. The van der Waals surface area contributed by atoms with Gasteiger partial charge < -0.3 is 29.6 Å². The van der Waals surface area contributed by atoms with Gasteiger partial charge in [-0.05, 0) is 6.42 Å². The second-order valence-electron chi connectivity index (χ2n) is 5.51. The van der Waals surface area contributed by atoms with E-state index in [1.54, 1.807) is 0 Å². The monoisotopic (exact) mass is 334 g/mol. The number of Topliss-reactive ketones (excluding diaryl/α,β-unsaturated/α-hetero) is 1. The van der Waals surface area contributed by atoms with E-state index < -0.39 is 28.3 Å². The molecule has 1 aliphatic carbocycles. The Morgan fingerprint density at radius 1 is 1.21 bits per heavy atom. The van der Waals surface area contributed by atoms with Gasteiger partial charge in [0.1, 0.15) is 28.1 Å². The molecule has 24 heavy (non-hydrogen) atoms. The van der Waals surface area contributed by atoms with Gasteiger partial charge >= 0.3 is 0 Å². The second-order valence-corrected chi connectivity index (χ2v) is 5.51. The maximum absolute atomic E-state index is 12.3. The first-order chi connectivity index (χ1) is 11.3. The van der Waals surface area contributed by atoms with Crippen molar-refractivity contribution < 1.29 is 34.4 Å². The van der Waals surface area contributed by atoms with E-state index in [0.29, 0.717) is 0 Å². The van der Waals surface area contributed by atoms with Crippen LogP contribution >= 0.6 is 0 Å². The first kappa shape index (κ1) is 15.9. The Bertz CT molecular complexity index is 939. The lowest BCUT2D eigenvalue weighted by Gasteiger charge is -2.28. The summed E-state index contributed by atoms with van der Waals surface area (Å²) in [5.41, 5.74) is -3.14. The van der Waals surface area contributed by atoms with E-state index >= 15 is 0 Å². The number of aliphatic hydroxyl groups is 1. The lowest BCUT2D eigenvalue weighted by Crippen LogP contribution is -2.31. The fourth-order valence-corrected chi connectivity index (χ4v) is 2.72. The number of hydrogen-bond acceptors (Lipinski definition) is 8. The van der Waals surface area contributed by atoms with Crippen molar-refractivity contribution in [2.24, 2.45) is 0 Å². The number of methoxy groups -OCH3 is 1. The third-order valence-corrected chi connectivity index (χ3v) is 3.93. The molecule has 2 aromatic rings. The van der Waals surface area contributed by atoms with Crippen LogP contribution in [0.15, 0.2) is 33.2 Å². The third kappa shape index (κ3) is 2.28. The molecule has 0 radical (unpaired) electrons. The maximum Gasteiger partial charge on any atom is 0.238 e. The number of ether oxygens (including phenoxy) is 1. The summed E-state index contributed by atoms with van der Waals surface area (Å²) < 4.78 is 10.3. The Hall–Kier alpha value is -3.00. The van der Waals surface area contributed by atoms with E-state index in [0.717, 1.165) is 18.2 Å². The average Bonchev–Trinajstić information content (AvgIpc) is 2.52. The molecular formula is C16H14O8. The zero-order valence-electron chi connectivity index (χ0n) is 12.6. The van der Waals surface area contributed by atoms with Crippen molar-refractivity contribution in [2.75, 3.05) is 7.11 Å². The third-order valence-electron chi connectivity index (χ3n) is 3.93. The van der Waals surface area contributed by atoms with Gasteiger partial charge in [-0.2, -0.15) is 0 Å². The average molecular weight is 334 g/mol. The summed E-state index contributed by atoms with van der Waals surface area (Å²) in [5.74, 6) is -2.78. The number of fused-ring (bicyclic) bond motifs is 1. The van der Waals surface area contributed by atoms with E-state index in [4.69, 9.17) is 9.15 Å². The number of phenols is 2. The summed E-state index contributed by atoms with van der Waals surface area (Å²) in [6.07, 6.45) is 0.847. The predicted octanol–water partition coefficient (Wildman–Crippen LogP) is 0.991. The van der Waals surface area contributed by atoms with Gasteiger partial charge in [-0.1, -0.05) is 0 Å². The highest BCUT2D eigenvalue weighted by molar-refractivity contribution is 5.94. The smallest absolute Gasteiger partial charge is 0.238 e. The van der Waals surface area contributed by atoms with Crippen LogP contribution < -0.4 is 5.43 Å². The Kier molecular flexibility index (Phi) is 3.49. The van der Waals surface area contributed by atoms with Gasteiger partial charge in [-0.25, -0.2) is 0 Å². The first-order valence-electron chi connectivity index (χ1n) is 7.01. The van der Waals surface area contributed by atoms with Crippen LogP contribution in [0, 0.1) is 0 Å². The van der Waals surface area contributed by atoms with E-state index in [-0.39, 0.29) is 41.1 Å². The highest BCUT2D eigenvalue weighted by Gasteiger charge is 2.40. The quantitative estimate of drug-likeness (QED) is 0.638. The first-order valence-corrected chi connectivity index (χ1v) is 7.01. The van der Waals surface area contributed by atoms with Gasteiger partial charge in [-0.15, -0.1) is 0 Å². The number of carbonyl (C=O) groups excluding carboxylic acids is 1. The van der Waals surface area contributed by atoms with Crippen LogP contribution in [0.1, 0.15) is 18.6 Å². The highest BCUT2D eigenvalue weighted by Crippen LogP contribution is 2.40. The largest absolute Gasteiger partial charge is 0.508 e. The van der Waals surface area contributed by atoms with Crippen molar-refractivity contribution in [2.45, 2.75) is 18.4 Å². The van der Waals surface area contributed by atoms with Crippen LogP contribution in [0.5, 0.6) is 17.2 Å². The number of allylic oxidation sites excluding steroid dienone is 1. The molecule has 126 valence electrons. The zero-order valence-corrected chi connectivity index (χ0v) is 12.6. The second kappa shape index (κ2) is 5.27. The van der Waals surface area contributed by atoms with Crippen LogP contribution in [0.2, 0.25) is 0 Å². The maximum atomic E-state index is 12.3. The van der Waals surface area contributed by atoms with E-state index in [2.05, 4.69) is 0 Å². The van der Waals surface area contributed by atoms with Gasteiger partial charge in [0, 0.05) is 24.6 Å². The molecule has 0 fully saturated rings. The number of rotatable bonds is 2. The van der Waals surface area contributed by atoms with E-state index in [1.165, 1.54) is 7.11 Å². The molecular weight excluding hydrogens is 320 g/mol. The fourth-order valence-electron chi connectivity index (χ4n) is 2.72. The summed E-state index contributed by atoms with van der Waals surface area (Å²) in [6.45, 7) is 0. The predicted molar refractivity (Wildman–Crippen MR) is 80.7 cm³/mol. The summed E-state index contributed by atoms with van der Waals surface area (Å²) in [6, 6.07) is 1.99. The SMILES string of the molecule is COC1=CC(O)(c2oc3cc(O)cc(O)c3c(=O)c2O)CCC1=O. The minimum absolute atomic E-state index is 0.0807. The number of aromatic hydroxyl groups is 3. The lowest BCUT2D eigenvalue weighted by molar-refractivity contribution is -0.121. The number of ketones is 1. The zero-order chi connectivity index (χ0) is 17.6. The topological polar surface area (TPSA) is 137 Å². The van der Waals surface area contributed by atoms with Gasteiger partial charge in [0.05, 0.1) is 7.11 Å². The van der Waals surface area contributed by atoms with Crippen molar-refractivity contribution >= 4 is 16.8 Å². The Morgan fingerprint density at radius 3 is 2.58 bits per heavy atom. The molecule has 1 unspecified atom stereocenters. The fraction of sp³-hybridized carbons (Fsp3) is 0.250. The van der Waals surface area contributed by atoms with Crippen LogP contribution in [0.4, 0.5) is 0 Å². The standard InChI is InChI=1S/C16H14O8/c1-23-11-6-16(22,3-2-8(11)18)15-14(21)13(20)12-9(19)4-7(17)5-10(12)24-15/h4-6,17,19,21-22H,2-3H2,1H3. The highest BCUT2D eigenvalue weighted by atomic mass is 16.5. The molecule has 1 heterocycles. The van der Waals surface area contributed by atoms with Gasteiger partial charge in [-0.3, -0.25) is 9.59 Å². The molecule has 0 aliphatic heterocycles. The van der Waals surface area contributed by atoms with Crippen LogP contribution in [0.3, 0.4) is 0 Å². The number of phenolic OH excluding ortho intramolecular Hbond substituents is 2. The van der Waals surface area contributed by atoms with Crippen molar-refractivity contribution in [1.29, 1.82) is 0 Å². The van der Waals surface area contributed by atoms with E-state index in [1.807, 2.05) is 0 Å². The molecule has 0 spiro atoms. The van der Waals surface area contributed by atoms with Crippen LogP contribution in [0.25, 0.3) is 11.0 Å². The van der Waals surface area contributed by atoms with Gasteiger partial charge in [0.25, 0.3) is 0 Å². The Balaban J connectivity index is 2.31. The van der Waals surface area contributed by atoms with Crippen molar-refractivity contribution in [3.63, 3.8) is 0 Å². The number of hydrogen-bond donors (Lipinski definition) is 4. The van der Waals surface area contributed by atoms with Crippen molar-refractivity contribution in [3.05, 3.63) is 40.0 Å². The van der Waals surface area contributed by atoms with Gasteiger partial charge in [0.2, 0.25) is 11.2 Å². The molecule has 1 aliphatic rings. The molecule has 1 aromatic carbocycles. The molecule has 3 rings (SSSR count). The minimum Gasteiger partial charge on any atom is -0.508 e. The minimum atomic E-state index is -1.95. The molecule has 4 N–H and O–H groups in total. The molecule has 8 heteroatoms.